The van der Waals surface area contributed by atoms with Crippen LogP contribution < -0.4 is 5.43 Å². The molecular weight excluding hydrogens is 360 g/mol. The number of rotatable bonds is 5. The molecule has 1 amide bonds. The minimum absolute atomic E-state index is 0.184. The molecule has 1 aliphatic rings. The summed E-state index contributed by atoms with van der Waals surface area (Å²) in [4.78, 5) is 32.5. The first kappa shape index (κ1) is 19.2. The second-order valence-corrected chi connectivity index (χ2v) is 7.55. The molecule has 1 saturated carbocycles. The fraction of sp³-hybridized carbons (Fsp3) is 0.350. The first-order valence-electron chi connectivity index (χ1n) is 8.91. The first-order valence-corrected chi connectivity index (χ1v) is 9.89. The van der Waals surface area contributed by atoms with E-state index in [1.165, 1.54) is 0 Å². The average Bonchev–Trinajstić information content (AvgIpc) is 2.64. The third-order valence-corrected chi connectivity index (χ3v) is 5.10. The van der Waals surface area contributed by atoms with E-state index < -0.39 is 0 Å². The van der Waals surface area contributed by atoms with Crippen LogP contribution in [0.2, 0.25) is 0 Å². The Bertz CT molecular complexity index is 858. The number of aryl methyl sites for hydroxylation is 2. The number of amides is 1. The topological polar surface area (TPSA) is 84.3 Å². The van der Waals surface area contributed by atoms with Crippen molar-refractivity contribution in [3.05, 3.63) is 52.8 Å². The Kier molecular flexibility index (Phi) is 6.34. The van der Waals surface area contributed by atoms with Gasteiger partial charge in [-0.05, 0) is 50.5 Å². The summed E-state index contributed by atoms with van der Waals surface area (Å²) in [5, 5.41) is 4.86. The van der Waals surface area contributed by atoms with Crippen molar-refractivity contribution < 1.29 is 9.59 Å². The number of carbonyl (C=O) groups excluding carboxylic acids is 2. The standard InChI is InChI=1S/C20H22N4O2S/c1-13-10-14(2)22-20(21-13)27-12-15-6-8-16(9-7-15)19(26)24-23-17-4-3-5-18(25)11-17/h6-10H,3-5,11-12H2,1-2H3,(H,24,26). The second-order valence-electron chi connectivity index (χ2n) is 6.61. The van der Waals surface area contributed by atoms with Gasteiger partial charge in [-0.15, -0.1) is 0 Å². The van der Waals surface area contributed by atoms with Gasteiger partial charge in [-0.1, -0.05) is 23.9 Å². The average molecular weight is 382 g/mol. The lowest BCUT2D eigenvalue weighted by atomic mass is 9.97. The summed E-state index contributed by atoms with van der Waals surface area (Å²) in [6.07, 6.45) is 2.53. The van der Waals surface area contributed by atoms with Gasteiger partial charge in [0.15, 0.2) is 5.16 Å². The second kappa shape index (κ2) is 8.90. The number of hydrazone groups is 1. The van der Waals surface area contributed by atoms with Gasteiger partial charge in [0.25, 0.3) is 5.91 Å². The molecule has 1 fully saturated rings. The van der Waals surface area contributed by atoms with E-state index in [4.69, 9.17) is 0 Å². The maximum absolute atomic E-state index is 12.2. The highest BCUT2D eigenvalue weighted by molar-refractivity contribution is 7.98. The monoisotopic (exact) mass is 382 g/mol. The summed E-state index contributed by atoms with van der Waals surface area (Å²) >= 11 is 1.57. The van der Waals surface area contributed by atoms with Crippen LogP contribution in [0, 0.1) is 13.8 Å². The molecule has 1 aromatic heterocycles. The van der Waals surface area contributed by atoms with Gasteiger partial charge in [0.05, 0.1) is 0 Å². The van der Waals surface area contributed by atoms with Gasteiger partial charge in [-0.25, -0.2) is 15.4 Å². The highest BCUT2D eigenvalue weighted by Gasteiger charge is 2.15. The molecule has 1 aromatic carbocycles. The number of benzene rings is 1. The lowest BCUT2D eigenvalue weighted by Crippen LogP contribution is -2.22. The first-order chi connectivity index (χ1) is 13.0. The lowest BCUT2D eigenvalue weighted by molar-refractivity contribution is -0.118. The van der Waals surface area contributed by atoms with E-state index >= 15 is 0 Å². The van der Waals surface area contributed by atoms with Crippen molar-refractivity contribution in [2.45, 2.75) is 50.4 Å². The zero-order valence-corrected chi connectivity index (χ0v) is 16.3. The summed E-state index contributed by atoms with van der Waals surface area (Å²) in [7, 11) is 0. The highest BCUT2D eigenvalue weighted by atomic mass is 32.2. The molecule has 7 heteroatoms. The maximum atomic E-state index is 12.2. The van der Waals surface area contributed by atoms with E-state index in [0.717, 1.165) is 46.4 Å². The summed E-state index contributed by atoms with van der Waals surface area (Å²) < 4.78 is 0. The van der Waals surface area contributed by atoms with Gasteiger partial charge in [0.2, 0.25) is 0 Å². The number of nitrogens with one attached hydrogen (secondary N) is 1. The minimum atomic E-state index is -0.266. The van der Waals surface area contributed by atoms with E-state index in [-0.39, 0.29) is 11.7 Å². The molecule has 2 aromatic rings. The molecule has 140 valence electrons. The van der Waals surface area contributed by atoms with Crippen LogP contribution in [0.5, 0.6) is 0 Å². The zero-order valence-electron chi connectivity index (χ0n) is 15.5. The van der Waals surface area contributed by atoms with Crippen LogP contribution >= 0.6 is 11.8 Å². The van der Waals surface area contributed by atoms with Gasteiger partial charge in [-0.3, -0.25) is 9.59 Å². The van der Waals surface area contributed by atoms with Crippen LogP contribution in [0.3, 0.4) is 0 Å². The van der Waals surface area contributed by atoms with Gasteiger partial charge in [0.1, 0.15) is 5.78 Å². The van der Waals surface area contributed by atoms with Gasteiger partial charge >= 0.3 is 0 Å². The molecule has 0 atom stereocenters. The fourth-order valence-corrected chi connectivity index (χ4v) is 3.75. The molecular formula is C20H22N4O2S. The molecule has 3 rings (SSSR count). The van der Waals surface area contributed by atoms with E-state index in [2.05, 4.69) is 20.5 Å². The van der Waals surface area contributed by atoms with E-state index in [1.807, 2.05) is 32.0 Å². The van der Waals surface area contributed by atoms with E-state index in [0.29, 0.717) is 18.4 Å². The molecule has 6 nitrogen and oxygen atoms in total. The Morgan fingerprint density at radius 3 is 2.52 bits per heavy atom. The normalized spacial score (nSPS) is 15.8. The van der Waals surface area contributed by atoms with Gasteiger partial charge < -0.3 is 0 Å². The van der Waals surface area contributed by atoms with Crippen molar-refractivity contribution in [3.63, 3.8) is 0 Å². The Morgan fingerprint density at radius 1 is 1.15 bits per heavy atom. The van der Waals surface area contributed by atoms with Gasteiger partial charge in [-0.2, -0.15) is 5.10 Å². The summed E-state index contributed by atoms with van der Waals surface area (Å²) in [5.41, 5.74) is 6.84. The molecule has 1 N–H and O–H groups in total. The molecule has 0 aliphatic heterocycles. The molecule has 0 radical (unpaired) electrons. The van der Waals surface area contributed by atoms with Crippen LogP contribution in [-0.4, -0.2) is 27.4 Å². The molecule has 0 bridgehead atoms. The molecule has 1 aliphatic carbocycles. The predicted molar refractivity (Wildman–Crippen MR) is 106 cm³/mol. The summed E-state index contributed by atoms with van der Waals surface area (Å²) in [6, 6.07) is 9.34. The third-order valence-electron chi connectivity index (χ3n) is 4.18. The predicted octanol–water partition coefficient (Wildman–Crippen LogP) is 3.61. The Labute approximate surface area is 162 Å². The van der Waals surface area contributed by atoms with Crippen molar-refractivity contribution in [2.75, 3.05) is 0 Å². The lowest BCUT2D eigenvalue weighted by Gasteiger charge is -2.11. The summed E-state index contributed by atoms with van der Waals surface area (Å²) in [6.45, 7) is 3.91. The maximum Gasteiger partial charge on any atom is 0.271 e. The zero-order chi connectivity index (χ0) is 19.2. The van der Waals surface area contributed by atoms with Crippen LogP contribution in [0.1, 0.15) is 53.0 Å². The molecule has 0 spiro atoms. The quantitative estimate of drug-likeness (QED) is 0.485. The highest BCUT2D eigenvalue weighted by Crippen LogP contribution is 2.20. The summed E-state index contributed by atoms with van der Waals surface area (Å²) in [5.74, 6) is 0.649. The smallest absolute Gasteiger partial charge is 0.271 e. The third kappa shape index (κ3) is 5.72. The number of carbonyl (C=O) groups is 2. The molecule has 0 unspecified atom stereocenters. The van der Waals surface area contributed by atoms with E-state index in [9.17, 15) is 9.59 Å². The van der Waals surface area contributed by atoms with Crippen molar-refractivity contribution in [1.82, 2.24) is 15.4 Å². The van der Waals surface area contributed by atoms with E-state index in [1.54, 1.807) is 23.9 Å². The Balaban J connectivity index is 1.55. The largest absolute Gasteiger partial charge is 0.299 e. The number of thioether (sulfide) groups is 1. The number of nitrogens with zero attached hydrogens (tertiary/aromatic N) is 3. The SMILES string of the molecule is Cc1cc(C)nc(SCc2ccc(C(=O)NN=C3CCCC(=O)C3)cc2)n1. The molecule has 0 saturated heterocycles. The molecule has 1 heterocycles. The van der Waals surface area contributed by atoms with Crippen molar-refractivity contribution >= 4 is 29.2 Å². The Morgan fingerprint density at radius 2 is 1.85 bits per heavy atom. The fourth-order valence-electron chi connectivity index (χ4n) is 2.84. The number of hydrogen-bond donors (Lipinski definition) is 1. The van der Waals surface area contributed by atoms with Crippen LogP contribution in [0.15, 0.2) is 40.6 Å². The van der Waals surface area contributed by atoms with Crippen molar-refractivity contribution in [1.29, 1.82) is 0 Å². The van der Waals surface area contributed by atoms with Crippen molar-refractivity contribution in [2.24, 2.45) is 5.10 Å². The van der Waals surface area contributed by atoms with Crippen LogP contribution in [0.4, 0.5) is 0 Å². The van der Waals surface area contributed by atoms with Crippen molar-refractivity contribution in [3.8, 4) is 0 Å². The molecule has 27 heavy (non-hydrogen) atoms. The number of Topliss-reactive ketones (excluding diaryl/α,β-unsaturated/α-hetero) is 1. The number of hydrogen-bond acceptors (Lipinski definition) is 6. The minimum Gasteiger partial charge on any atom is -0.299 e. The number of aromatic nitrogens is 2. The number of ketones is 1. The van der Waals surface area contributed by atoms with Gasteiger partial charge in [0, 0.05) is 41.3 Å². The van der Waals surface area contributed by atoms with Crippen LogP contribution in [0.25, 0.3) is 0 Å². The Hall–Kier alpha value is -2.54. The van der Waals surface area contributed by atoms with Crippen LogP contribution in [-0.2, 0) is 10.5 Å².